The van der Waals surface area contributed by atoms with Crippen molar-refractivity contribution in [3.8, 4) is 167 Å². The second-order valence-electron chi connectivity index (χ2n) is 51.1. The smallest absolute Gasteiger partial charge is 0.0724 e. The fourth-order valence-corrected chi connectivity index (χ4v) is 21.2. The standard InChI is InChI=1S/C142H150N2/c1-133(2,3)105-71-59-99(60-72-105)127-121(93-43-35-31-36-44-93)125(122(94-45-37-32-38-46-94)128(100-61-73-106(74-62-100)134(4,5)6)131(127)103-67-79-109(80-68-103)137(13,14)15)97-55-51-91(52-56-97)117-89-119-120(143(117)115-85-111(139(19,20)21)83-112(86-115)140(22,23)24)90-118(144(119)116-87-113(141(25,26)27)84-114(88-116)142(28,29)30)92-53-57-98(58-54-92)126-123(95-47-39-33-40-48-95)129(101-63-75-107(76-64-101)135(7,8)9)132(104-69-81-110(82-70-104)138(16,17)18)130(124(126)96-49-41-34-42-50-96)102-65-77-108(78-66-102)136(10,11)12/h31-90H,1-30H3. The zero-order valence-corrected chi connectivity index (χ0v) is 91.5. The molecule has 0 saturated heterocycles. The third-order valence-corrected chi connectivity index (χ3v) is 30.0. The minimum absolute atomic E-state index is 0.0657. The molecule has 0 aliphatic carbocycles. The van der Waals surface area contributed by atoms with E-state index < -0.39 is 0 Å². The van der Waals surface area contributed by atoms with Crippen LogP contribution in [-0.4, -0.2) is 9.13 Å². The average Bonchev–Trinajstić information content (AvgIpc) is 1.05. The zero-order valence-electron chi connectivity index (χ0n) is 91.5. The highest BCUT2D eigenvalue weighted by Gasteiger charge is 2.37. The van der Waals surface area contributed by atoms with Crippen LogP contribution in [0.1, 0.15) is 263 Å². The quantitative estimate of drug-likeness (QED) is 0.0912. The van der Waals surface area contributed by atoms with E-state index in [0.29, 0.717) is 0 Å². The van der Waals surface area contributed by atoms with Crippen LogP contribution in [-0.2, 0) is 54.1 Å². The molecule has 18 rings (SSSR count). The van der Waals surface area contributed by atoms with Gasteiger partial charge in [-0.2, -0.15) is 0 Å². The molecule has 0 N–H and O–H groups in total. The van der Waals surface area contributed by atoms with Gasteiger partial charge in [-0.3, -0.25) is 0 Å². The second kappa shape index (κ2) is 37.5. The van der Waals surface area contributed by atoms with Crippen LogP contribution in [0.15, 0.2) is 364 Å². The van der Waals surface area contributed by atoms with E-state index in [0.717, 1.165) is 101 Å². The van der Waals surface area contributed by atoms with Gasteiger partial charge >= 0.3 is 0 Å². The van der Waals surface area contributed by atoms with Gasteiger partial charge in [-0.05, 0) is 291 Å². The van der Waals surface area contributed by atoms with E-state index in [1.807, 2.05) is 0 Å². The topological polar surface area (TPSA) is 9.86 Å². The Hall–Kier alpha value is -13.7. The van der Waals surface area contributed by atoms with Crippen molar-refractivity contribution in [3.05, 3.63) is 420 Å². The van der Waals surface area contributed by atoms with Gasteiger partial charge in [0.15, 0.2) is 0 Å². The molecule has 2 aromatic heterocycles. The van der Waals surface area contributed by atoms with Gasteiger partial charge in [0.05, 0.1) is 22.4 Å². The number of hydrogen-bond acceptors (Lipinski definition) is 0. The predicted octanol–water partition coefficient (Wildman–Crippen LogP) is 40.7. The van der Waals surface area contributed by atoms with Crippen molar-refractivity contribution in [2.24, 2.45) is 0 Å². The molecule has 16 aromatic carbocycles. The molecule has 0 aliphatic rings. The first-order valence-corrected chi connectivity index (χ1v) is 52.4. The van der Waals surface area contributed by atoms with Crippen molar-refractivity contribution in [2.45, 2.75) is 262 Å². The maximum atomic E-state index is 2.63. The maximum Gasteiger partial charge on any atom is 0.0724 e. The van der Waals surface area contributed by atoms with Gasteiger partial charge in [-0.15, -0.1) is 0 Å². The fraction of sp³-hybridized carbons (Fsp3) is 0.282. The Kier molecular flexibility index (Phi) is 26.2. The summed E-state index contributed by atoms with van der Waals surface area (Å²) in [6.07, 6.45) is 0. The maximum absolute atomic E-state index is 2.63. The minimum Gasteiger partial charge on any atom is -0.308 e. The Balaban J connectivity index is 0.953. The molecule has 728 valence electrons. The lowest BCUT2D eigenvalue weighted by molar-refractivity contribution is 0.567. The Bertz CT molecular complexity index is 6960. The molecule has 0 spiro atoms. The summed E-state index contributed by atoms with van der Waals surface area (Å²) in [4.78, 5) is 0. The molecule has 0 bridgehead atoms. The van der Waals surface area contributed by atoms with Crippen molar-refractivity contribution in [3.63, 3.8) is 0 Å². The molecule has 2 heteroatoms. The number of hydrogen-bond donors (Lipinski definition) is 0. The first kappa shape index (κ1) is 100. The van der Waals surface area contributed by atoms with E-state index in [-0.39, 0.29) is 54.1 Å². The Morgan fingerprint density at radius 1 is 0.118 bits per heavy atom. The van der Waals surface area contributed by atoms with Crippen LogP contribution >= 0.6 is 0 Å². The molecule has 0 atom stereocenters. The van der Waals surface area contributed by atoms with Crippen molar-refractivity contribution in [1.29, 1.82) is 0 Å². The van der Waals surface area contributed by atoms with E-state index >= 15 is 0 Å². The van der Waals surface area contributed by atoms with Gasteiger partial charge in [-0.25, -0.2) is 0 Å². The molecule has 144 heavy (non-hydrogen) atoms. The van der Waals surface area contributed by atoms with E-state index in [1.54, 1.807) is 0 Å². The summed E-state index contributed by atoms with van der Waals surface area (Å²) in [5.74, 6) is 0. The molecule has 0 fully saturated rings. The Labute approximate surface area is 862 Å². The lowest BCUT2D eigenvalue weighted by Gasteiger charge is -2.30. The van der Waals surface area contributed by atoms with E-state index in [2.05, 4.69) is 581 Å². The van der Waals surface area contributed by atoms with Crippen LogP contribution in [0, 0.1) is 0 Å². The van der Waals surface area contributed by atoms with Gasteiger partial charge in [0.1, 0.15) is 0 Å². The summed E-state index contributed by atoms with van der Waals surface area (Å²) in [6, 6.07) is 142. The average molecular weight is 1880 g/mol. The molecule has 0 saturated carbocycles. The van der Waals surface area contributed by atoms with Gasteiger partial charge in [-0.1, -0.05) is 535 Å². The van der Waals surface area contributed by atoms with Gasteiger partial charge in [0.2, 0.25) is 0 Å². The fourth-order valence-electron chi connectivity index (χ4n) is 21.2. The molecule has 18 aromatic rings. The van der Waals surface area contributed by atoms with Crippen LogP contribution in [0.2, 0.25) is 0 Å². The van der Waals surface area contributed by atoms with Crippen molar-refractivity contribution in [2.75, 3.05) is 0 Å². The van der Waals surface area contributed by atoms with Gasteiger partial charge in [0.25, 0.3) is 0 Å². The number of rotatable bonds is 16. The molecule has 0 unspecified atom stereocenters. The van der Waals surface area contributed by atoms with Crippen molar-refractivity contribution >= 4 is 11.0 Å². The van der Waals surface area contributed by atoms with Crippen LogP contribution in [0.3, 0.4) is 0 Å². The molecular formula is C142H150N2. The number of benzene rings is 16. The molecule has 0 radical (unpaired) electrons. The highest BCUT2D eigenvalue weighted by molar-refractivity contribution is 6.17. The lowest BCUT2D eigenvalue weighted by atomic mass is 9.73. The molecule has 0 amide bonds. The summed E-state index contributed by atoms with van der Waals surface area (Å²) in [6.45, 7) is 70.3. The summed E-state index contributed by atoms with van der Waals surface area (Å²) >= 11 is 0. The number of fused-ring (bicyclic) bond motifs is 1. The second-order valence-corrected chi connectivity index (χ2v) is 51.1. The summed E-state index contributed by atoms with van der Waals surface area (Å²) < 4.78 is 5.26. The van der Waals surface area contributed by atoms with E-state index in [4.69, 9.17) is 0 Å². The van der Waals surface area contributed by atoms with Gasteiger partial charge in [0, 0.05) is 11.4 Å². The normalized spacial score (nSPS) is 12.8. The van der Waals surface area contributed by atoms with Gasteiger partial charge < -0.3 is 9.13 Å². The van der Waals surface area contributed by atoms with E-state index in [9.17, 15) is 0 Å². The summed E-state index contributed by atoms with van der Waals surface area (Å²) in [5, 5.41) is 0. The highest BCUT2D eigenvalue weighted by Crippen LogP contribution is 2.60. The largest absolute Gasteiger partial charge is 0.308 e. The van der Waals surface area contributed by atoms with Crippen LogP contribution in [0.4, 0.5) is 0 Å². The van der Waals surface area contributed by atoms with Crippen LogP contribution in [0.25, 0.3) is 178 Å². The van der Waals surface area contributed by atoms with Crippen LogP contribution < -0.4 is 0 Å². The van der Waals surface area contributed by atoms with Crippen LogP contribution in [0.5, 0.6) is 0 Å². The lowest BCUT2D eigenvalue weighted by Crippen LogP contribution is -2.17. The molecule has 2 heterocycles. The predicted molar refractivity (Wildman–Crippen MR) is 626 cm³/mol. The summed E-state index contributed by atoms with van der Waals surface area (Å²) in [5.41, 5.74) is 48.6. The first-order valence-electron chi connectivity index (χ1n) is 52.4. The third kappa shape index (κ3) is 20.0. The number of nitrogens with zero attached hydrogens (tertiary/aromatic N) is 2. The molecular weight excluding hydrogens is 1730 g/mol. The Morgan fingerprint density at radius 2 is 0.243 bits per heavy atom. The molecule has 2 nitrogen and oxygen atoms in total. The summed E-state index contributed by atoms with van der Waals surface area (Å²) in [7, 11) is 0. The minimum atomic E-state index is -0.201. The van der Waals surface area contributed by atoms with Crippen molar-refractivity contribution < 1.29 is 0 Å². The Morgan fingerprint density at radius 3 is 0.382 bits per heavy atom. The number of aromatic nitrogens is 2. The molecule has 0 aliphatic heterocycles. The van der Waals surface area contributed by atoms with Crippen molar-refractivity contribution in [1.82, 2.24) is 9.13 Å². The SMILES string of the molecule is CC(C)(C)c1ccc(-c2c(-c3ccccc3)c(-c3ccc(-c4cc5c(cc(-c6ccc(-c7c(-c8ccccc8)c(-c8ccc(C(C)(C)C)cc8)c(-c8ccc(C(C)(C)C)cc8)c(-c8ccc(C(C)(C)C)cc8)c7-c7ccccc7)cc6)n5-c5cc(C(C)(C)C)cc(C(C)(C)C)c5)n4-c4cc(C(C)(C)C)cc(C(C)(C)C)c4)cc3)c(-c3ccccc3)c(-c3ccc(C(C)(C)C)cc3)c2-c2ccc(C(C)(C)C)cc2)cc1. The first-order chi connectivity index (χ1) is 67.7. The highest BCUT2D eigenvalue weighted by atomic mass is 15.1. The van der Waals surface area contributed by atoms with E-state index in [1.165, 1.54) is 134 Å². The zero-order chi connectivity index (χ0) is 103. The monoisotopic (exact) mass is 1880 g/mol. The third-order valence-electron chi connectivity index (χ3n) is 30.0.